The average Bonchev–Trinajstić information content (AvgIpc) is 2.84. The molecular weight excluding hydrogens is 254 g/mol. The third-order valence-electron chi connectivity index (χ3n) is 3.65. The molecule has 1 saturated carbocycles. The molecule has 0 spiro atoms. The van der Waals surface area contributed by atoms with E-state index in [0.717, 1.165) is 23.7 Å². The first kappa shape index (κ1) is 12.7. The van der Waals surface area contributed by atoms with Crippen molar-refractivity contribution in [3.63, 3.8) is 0 Å². The molecule has 0 bridgehead atoms. The molecule has 2 amide bonds. The molecule has 3 N–H and O–H groups in total. The summed E-state index contributed by atoms with van der Waals surface area (Å²) in [7, 11) is 0. The van der Waals surface area contributed by atoms with Gasteiger partial charge in [-0.3, -0.25) is 9.59 Å². The van der Waals surface area contributed by atoms with Crippen molar-refractivity contribution in [3.8, 4) is 0 Å². The minimum atomic E-state index is -0.259. The molecule has 1 aromatic carbocycles. The van der Waals surface area contributed by atoms with Crippen molar-refractivity contribution < 1.29 is 9.59 Å². The van der Waals surface area contributed by atoms with Gasteiger partial charge in [-0.2, -0.15) is 0 Å². The Balaban J connectivity index is 1.56. The Hall–Kier alpha value is -2.30. The molecule has 5 nitrogen and oxygen atoms in total. The number of H-pyrrole nitrogens is 1. The summed E-state index contributed by atoms with van der Waals surface area (Å²) in [4.78, 5) is 26.6. The van der Waals surface area contributed by atoms with E-state index >= 15 is 0 Å². The highest BCUT2D eigenvalue weighted by Gasteiger charge is 2.19. The van der Waals surface area contributed by atoms with Gasteiger partial charge in [0.05, 0.1) is 6.54 Å². The number of amides is 2. The van der Waals surface area contributed by atoms with Gasteiger partial charge in [0.1, 0.15) is 5.69 Å². The summed E-state index contributed by atoms with van der Waals surface area (Å²) in [5.41, 5.74) is 1.39. The molecule has 1 aliphatic carbocycles. The van der Waals surface area contributed by atoms with Crippen LogP contribution >= 0.6 is 0 Å². The third kappa shape index (κ3) is 2.66. The van der Waals surface area contributed by atoms with Gasteiger partial charge in [0.25, 0.3) is 5.91 Å². The van der Waals surface area contributed by atoms with E-state index in [2.05, 4.69) is 15.6 Å². The van der Waals surface area contributed by atoms with E-state index in [9.17, 15) is 9.59 Å². The van der Waals surface area contributed by atoms with Gasteiger partial charge in [-0.05, 0) is 31.4 Å². The van der Waals surface area contributed by atoms with E-state index in [4.69, 9.17) is 0 Å². The second-order valence-corrected chi connectivity index (χ2v) is 5.15. The molecule has 5 heteroatoms. The number of aromatic amines is 1. The van der Waals surface area contributed by atoms with E-state index < -0.39 is 0 Å². The van der Waals surface area contributed by atoms with Crippen LogP contribution in [-0.4, -0.2) is 29.4 Å². The lowest BCUT2D eigenvalue weighted by Gasteiger charge is -2.26. The maximum Gasteiger partial charge on any atom is 0.268 e. The molecule has 3 rings (SSSR count). The van der Waals surface area contributed by atoms with Gasteiger partial charge >= 0.3 is 0 Å². The van der Waals surface area contributed by atoms with Gasteiger partial charge in [-0.25, -0.2) is 0 Å². The van der Waals surface area contributed by atoms with Gasteiger partial charge in [-0.1, -0.05) is 18.2 Å². The molecule has 0 radical (unpaired) electrons. The van der Waals surface area contributed by atoms with Crippen molar-refractivity contribution >= 4 is 22.7 Å². The number of benzene rings is 1. The van der Waals surface area contributed by atoms with E-state index in [0.29, 0.717) is 11.7 Å². The van der Waals surface area contributed by atoms with Crippen LogP contribution in [0.25, 0.3) is 10.9 Å². The molecular formula is C15H17N3O2. The summed E-state index contributed by atoms with van der Waals surface area (Å²) < 4.78 is 0. The molecule has 1 fully saturated rings. The zero-order valence-corrected chi connectivity index (χ0v) is 11.1. The number of aromatic nitrogens is 1. The Morgan fingerprint density at radius 1 is 1.25 bits per heavy atom. The standard InChI is InChI=1S/C15H17N3O2/c19-14(17-11-5-3-6-11)9-16-15(20)13-8-10-4-1-2-7-12(10)18-13/h1-2,4,7-8,11,18H,3,5-6,9H2,(H,16,20)(H,17,19). The average molecular weight is 271 g/mol. The summed E-state index contributed by atoms with van der Waals surface area (Å²) in [6.07, 6.45) is 3.26. The lowest BCUT2D eigenvalue weighted by atomic mass is 9.93. The van der Waals surface area contributed by atoms with Crippen LogP contribution < -0.4 is 10.6 Å². The Kier molecular flexibility index (Phi) is 3.41. The van der Waals surface area contributed by atoms with Crippen molar-refractivity contribution in [2.24, 2.45) is 0 Å². The number of rotatable bonds is 4. The minimum absolute atomic E-state index is 0.0186. The van der Waals surface area contributed by atoms with Crippen molar-refractivity contribution in [3.05, 3.63) is 36.0 Å². The number of para-hydroxylation sites is 1. The largest absolute Gasteiger partial charge is 0.352 e. The zero-order valence-electron chi connectivity index (χ0n) is 11.1. The van der Waals surface area contributed by atoms with Crippen molar-refractivity contribution in [2.75, 3.05) is 6.54 Å². The summed E-state index contributed by atoms with van der Waals surface area (Å²) in [6.45, 7) is 0.0186. The lowest BCUT2D eigenvalue weighted by molar-refractivity contribution is -0.121. The first-order valence-corrected chi connectivity index (χ1v) is 6.88. The Labute approximate surface area is 116 Å². The maximum absolute atomic E-state index is 12.0. The molecule has 1 aromatic heterocycles. The van der Waals surface area contributed by atoms with Crippen LogP contribution in [0.2, 0.25) is 0 Å². The smallest absolute Gasteiger partial charge is 0.268 e. The Morgan fingerprint density at radius 3 is 2.75 bits per heavy atom. The second kappa shape index (κ2) is 5.36. The van der Waals surface area contributed by atoms with Gasteiger partial charge in [-0.15, -0.1) is 0 Å². The fourth-order valence-corrected chi connectivity index (χ4v) is 2.28. The highest BCUT2D eigenvalue weighted by Crippen LogP contribution is 2.17. The normalized spacial score (nSPS) is 14.8. The molecule has 0 atom stereocenters. The summed E-state index contributed by atoms with van der Waals surface area (Å²) in [5.74, 6) is -0.385. The second-order valence-electron chi connectivity index (χ2n) is 5.15. The number of carbonyl (C=O) groups is 2. The van der Waals surface area contributed by atoms with Crippen LogP contribution in [0.1, 0.15) is 29.8 Å². The van der Waals surface area contributed by atoms with Crippen LogP contribution in [-0.2, 0) is 4.79 Å². The number of nitrogens with one attached hydrogen (secondary N) is 3. The van der Waals surface area contributed by atoms with Gasteiger partial charge < -0.3 is 15.6 Å². The van der Waals surface area contributed by atoms with Gasteiger partial charge in [0.15, 0.2) is 0 Å². The van der Waals surface area contributed by atoms with Crippen LogP contribution in [0.4, 0.5) is 0 Å². The van der Waals surface area contributed by atoms with Gasteiger partial charge in [0.2, 0.25) is 5.91 Å². The van der Waals surface area contributed by atoms with Crippen molar-refractivity contribution in [1.29, 1.82) is 0 Å². The summed E-state index contributed by atoms with van der Waals surface area (Å²) in [6, 6.07) is 9.76. The van der Waals surface area contributed by atoms with E-state index in [1.54, 1.807) is 6.07 Å². The van der Waals surface area contributed by atoms with Crippen LogP contribution in [0.15, 0.2) is 30.3 Å². The van der Waals surface area contributed by atoms with Crippen LogP contribution in [0, 0.1) is 0 Å². The first-order chi connectivity index (χ1) is 9.72. The lowest BCUT2D eigenvalue weighted by Crippen LogP contribution is -2.44. The van der Waals surface area contributed by atoms with Crippen molar-refractivity contribution in [1.82, 2.24) is 15.6 Å². The molecule has 0 aliphatic heterocycles. The first-order valence-electron chi connectivity index (χ1n) is 6.88. The molecule has 20 heavy (non-hydrogen) atoms. The topological polar surface area (TPSA) is 74.0 Å². The van der Waals surface area contributed by atoms with E-state index in [1.807, 2.05) is 24.3 Å². The molecule has 2 aromatic rings. The molecule has 104 valence electrons. The Morgan fingerprint density at radius 2 is 2.05 bits per heavy atom. The SMILES string of the molecule is O=C(CNC(=O)c1cc2ccccc2[nH]1)NC1CCC1. The summed E-state index contributed by atoms with van der Waals surface area (Å²) >= 11 is 0. The predicted octanol–water partition coefficient (Wildman–Crippen LogP) is 1.57. The summed E-state index contributed by atoms with van der Waals surface area (Å²) in [5, 5.41) is 6.50. The number of carbonyl (C=O) groups excluding carboxylic acids is 2. The minimum Gasteiger partial charge on any atom is -0.352 e. The Bertz CT molecular complexity index is 610. The van der Waals surface area contributed by atoms with Crippen molar-refractivity contribution in [2.45, 2.75) is 25.3 Å². The highest BCUT2D eigenvalue weighted by molar-refractivity contribution is 5.99. The highest BCUT2D eigenvalue weighted by atomic mass is 16.2. The van der Waals surface area contributed by atoms with Gasteiger partial charge in [0, 0.05) is 16.9 Å². The quantitative estimate of drug-likeness (QED) is 0.789. The molecule has 1 aliphatic rings. The van der Waals surface area contributed by atoms with E-state index in [1.165, 1.54) is 6.42 Å². The molecule has 0 unspecified atom stereocenters. The van der Waals surface area contributed by atoms with Crippen LogP contribution in [0.5, 0.6) is 0 Å². The third-order valence-corrected chi connectivity index (χ3v) is 3.65. The monoisotopic (exact) mass is 271 g/mol. The van der Waals surface area contributed by atoms with Crippen LogP contribution in [0.3, 0.4) is 0 Å². The molecule has 1 heterocycles. The number of fused-ring (bicyclic) bond motifs is 1. The fourth-order valence-electron chi connectivity index (χ4n) is 2.28. The van der Waals surface area contributed by atoms with E-state index in [-0.39, 0.29) is 18.4 Å². The fraction of sp³-hybridized carbons (Fsp3) is 0.333. The number of hydrogen-bond donors (Lipinski definition) is 3. The number of hydrogen-bond acceptors (Lipinski definition) is 2. The molecule has 0 saturated heterocycles. The maximum atomic E-state index is 12.0. The predicted molar refractivity (Wildman–Crippen MR) is 76.4 cm³/mol. The zero-order chi connectivity index (χ0) is 13.9.